The minimum absolute atomic E-state index is 0.224. The number of nitrogens with two attached hydrogens (primary N) is 1. The Morgan fingerprint density at radius 2 is 2.07 bits per heavy atom. The molecule has 0 aliphatic rings. The van der Waals surface area contributed by atoms with Gasteiger partial charge in [-0.05, 0) is 23.8 Å². The Hall–Kier alpha value is -2.49. The van der Waals surface area contributed by atoms with Crippen molar-refractivity contribution >= 4 is 39.0 Å². The number of aromatic nitrogens is 4. The number of nitrogen functional groups attached to an aromatic ring is 1. The first kappa shape index (κ1) is 18.9. The molecule has 28 heavy (non-hydrogen) atoms. The van der Waals surface area contributed by atoms with Crippen LogP contribution in [0, 0.1) is 5.82 Å². The first-order valence-corrected chi connectivity index (χ1v) is 10.4. The smallest absolute Gasteiger partial charge is 0.191 e. The fourth-order valence-corrected chi connectivity index (χ4v) is 4.83. The third kappa shape index (κ3) is 3.60. The number of hydrogen-bond donors (Lipinski definition) is 1. The molecule has 0 spiro atoms. The first-order chi connectivity index (χ1) is 13.7. The summed E-state index contributed by atoms with van der Waals surface area (Å²) < 4.78 is 21.2. The number of anilines is 1. The maximum Gasteiger partial charge on any atom is 0.191 e. The average Bonchev–Trinajstić information content (AvgIpc) is 3.26. The van der Waals surface area contributed by atoms with Gasteiger partial charge in [0.2, 0.25) is 0 Å². The summed E-state index contributed by atoms with van der Waals surface area (Å²) in [5.74, 6) is 0.910. The third-order valence-corrected chi connectivity index (χ3v) is 6.40. The van der Waals surface area contributed by atoms with E-state index in [4.69, 9.17) is 10.5 Å². The second-order valence-electron chi connectivity index (χ2n) is 6.03. The Labute approximate surface area is 169 Å². The zero-order valence-electron chi connectivity index (χ0n) is 15.1. The predicted octanol–water partition coefficient (Wildman–Crippen LogP) is 4.21. The SMILES string of the molecule is COCCn1c(SCc2ccccc2F)nnc1-c1sc2ncccc2c1N. The van der Waals surface area contributed by atoms with Crippen molar-refractivity contribution in [1.82, 2.24) is 19.7 Å². The molecule has 0 bridgehead atoms. The lowest BCUT2D eigenvalue weighted by atomic mass is 10.2. The van der Waals surface area contributed by atoms with Gasteiger partial charge in [0.1, 0.15) is 10.6 Å². The normalized spacial score (nSPS) is 11.4. The topological polar surface area (TPSA) is 78.8 Å². The van der Waals surface area contributed by atoms with Crippen molar-refractivity contribution in [3.63, 3.8) is 0 Å². The van der Waals surface area contributed by atoms with E-state index in [0.29, 0.717) is 41.1 Å². The molecule has 0 saturated heterocycles. The van der Waals surface area contributed by atoms with Crippen LogP contribution in [0.2, 0.25) is 0 Å². The zero-order chi connectivity index (χ0) is 19.5. The van der Waals surface area contributed by atoms with E-state index in [0.717, 1.165) is 15.1 Å². The van der Waals surface area contributed by atoms with Gasteiger partial charge in [0.15, 0.2) is 11.0 Å². The molecule has 0 radical (unpaired) electrons. The summed E-state index contributed by atoms with van der Waals surface area (Å²) in [5.41, 5.74) is 7.63. The monoisotopic (exact) mass is 415 g/mol. The van der Waals surface area contributed by atoms with Gasteiger partial charge < -0.3 is 10.5 Å². The number of thioether (sulfide) groups is 1. The number of rotatable bonds is 7. The molecule has 0 aliphatic heterocycles. The van der Waals surface area contributed by atoms with Crippen molar-refractivity contribution in [3.05, 3.63) is 54.0 Å². The number of ether oxygens (including phenoxy) is 1. The molecule has 144 valence electrons. The summed E-state index contributed by atoms with van der Waals surface area (Å²) in [5, 5.41) is 10.3. The molecule has 1 aromatic carbocycles. The number of methoxy groups -OCH3 is 1. The second-order valence-corrected chi connectivity index (χ2v) is 7.97. The van der Waals surface area contributed by atoms with Gasteiger partial charge in [-0.3, -0.25) is 4.57 Å². The standard InChI is InChI=1S/C19H18FN5OS2/c1-26-10-9-25-17(16-15(21)13-6-4-8-22-18(13)28-16)23-24-19(25)27-11-12-5-2-3-7-14(12)20/h2-8H,9-11,21H2,1H3. The van der Waals surface area contributed by atoms with Crippen molar-refractivity contribution in [2.75, 3.05) is 19.5 Å². The number of fused-ring (bicyclic) bond motifs is 1. The fraction of sp³-hybridized carbons (Fsp3) is 0.211. The van der Waals surface area contributed by atoms with E-state index in [-0.39, 0.29) is 5.82 Å². The zero-order valence-corrected chi connectivity index (χ0v) is 16.8. The molecular formula is C19H18FN5OS2. The molecule has 0 unspecified atom stereocenters. The van der Waals surface area contributed by atoms with Crippen LogP contribution in [0.1, 0.15) is 5.56 Å². The molecule has 0 atom stereocenters. The lowest BCUT2D eigenvalue weighted by molar-refractivity contribution is 0.185. The first-order valence-electron chi connectivity index (χ1n) is 8.60. The molecule has 0 saturated carbocycles. The number of thiophene rings is 1. The van der Waals surface area contributed by atoms with Crippen molar-refractivity contribution in [2.45, 2.75) is 17.5 Å². The van der Waals surface area contributed by atoms with Crippen LogP contribution in [0.25, 0.3) is 20.9 Å². The maximum atomic E-state index is 13.9. The van der Waals surface area contributed by atoms with Crippen LogP contribution >= 0.6 is 23.1 Å². The molecule has 0 aliphatic carbocycles. The minimum Gasteiger partial charge on any atom is -0.397 e. The van der Waals surface area contributed by atoms with E-state index in [1.807, 2.05) is 22.8 Å². The highest BCUT2D eigenvalue weighted by Gasteiger charge is 2.20. The molecule has 3 heterocycles. The van der Waals surface area contributed by atoms with E-state index < -0.39 is 0 Å². The van der Waals surface area contributed by atoms with Crippen LogP contribution in [-0.2, 0) is 17.0 Å². The Balaban J connectivity index is 1.69. The number of pyridine rings is 1. The molecule has 6 nitrogen and oxygen atoms in total. The highest BCUT2D eigenvalue weighted by Crippen LogP contribution is 2.40. The number of benzene rings is 1. The molecule has 0 fully saturated rings. The van der Waals surface area contributed by atoms with Crippen LogP contribution in [0.3, 0.4) is 0 Å². The van der Waals surface area contributed by atoms with E-state index >= 15 is 0 Å². The Morgan fingerprint density at radius 1 is 1.21 bits per heavy atom. The average molecular weight is 416 g/mol. The molecule has 2 N–H and O–H groups in total. The quantitative estimate of drug-likeness (QED) is 0.456. The summed E-state index contributed by atoms with van der Waals surface area (Å²) in [6.07, 6.45) is 1.74. The predicted molar refractivity (Wildman–Crippen MR) is 111 cm³/mol. The lowest BCUT2D eigenvalue weighted by Gasteiger charge is -2.09. The minimum atomic E-state index is -0.224. The molecular weight excluding hydrogens is 397 g/mol. The molecule has 0 amide bonds. The van der Waals surface area contributed by atoms with Crippen molar-refractivity contribution in [2.24, 2.45) is 0 Å². The van der Waals surface area contributed by atoms with E-state index in [9.17, 15) is 4.39 Å². The van der Waals surface area contributed by atoms with Gasteiger partial charge in [0, 0.05) is 24.4 Å². The third-order valence-electron chi connectivity index (χ3n) is 4.26. The highest BCUT2D eigenvalue weighted by molar-refractivity contribution is 7.98. The summed E-state index contributed by atoms with van der Waals surface area (Å²) in [4.78, 5) is 6.07. The van der Waals surface area contributed by atoms with Crippen molar-refractivity contribution in [3.8, 4) is 10.7 Å². The van der Waals surface area contributed by atoms with E-state index in [1.54, 1.807) is 25.4 Å². The van der Waals surface area contributed by atoms with Crippen LogP contribution in [0.4, 0.5) is 10.1 Å². The summed E-state index contributed by atoms with van der Waals surface area (Å²) >= 11 is 2.92. The van der Waals surface area contributed by atoms with Crippen molar-refractivity contribution < 1.29 is 9.13 Å². The maximum absolute atomic E-state index is 13.9. The van der Waals surface area contributed by atoms with Gasteiger partial charge in [0.05, 0.1) is 23.7 Å². The molecule has 4 aromatic rings. The molecule has 4 rings (SSSR count). The largest absolute Gasteiger partial charge is 0.397 e. The van der Waals surface area contributed by atoms with Gasteiger partial charge in [-0.1, -0.05) is 30.0 Å². The van der Waals surface area contributed by atoms with Crippen LogP contribution in [0.5, 0.6) is 0 Å². The van der Waals surface area contributed by atoms with Gasteiger partial charge >= 0.3 is 0 Å². The van der Waals surface area contributed by atoms with Crippen LogP contribution in [-0.4, -0.2) is 33.5 Å². The molecule has 3 aromatic heterocycles. The molecule has 9 heteroatoms. The highest BCUT2D eigenvalue weighted by atomic mass is 32.2. The Morgan fingerprint density at radius 3 is 2.86 bits per heavy atom. The number of hydrogen-bond acceptors (Lipinski definition) is 7. The van der Waals surface area contributed by atoms with E-state index in [2.05, 4.69) is 15.2 Å². The van der Waals surface area contributed by atoms with Gasteiger partial charge in [0.25, 0.3) is 0 Å². The second kappa shape index (κ2) is 8.26. The van der Waals surface area contributed by atoms with E-state index in [1.165, 1.54) is 29.2 Å². The number of nitrogens with zero attached hydrogens (tertiary/aromatic N) is 4. The van der Waals surface area contributed by atoms with Crippen LogP contribution < -0.4 is 5.73 Å². The fourth-order valence-electron chi connectivity index (χ4n) is 2.82. The van der Waals surface area contributed by atoms with Gasteiger partial charge in [-0.15, -0.1) is 21.5 Å². The van der Waals surface area contributed by atoms with Crippen LogP contribution in [0.15, 0.2) is 47.8 Å². The Bertz CT molecular complexity index is 1110. The summed E-state index contributed by atoms with van der Waals surface area (Å²) in [6, 6.07) is 10.5. The summed E-state index contributed by atoms with van der Waals surface area (Å²) in [7, 11) is 1.65. The Kier molecular flexibility index (Phi) is 5.56. The summed E-state index contributed by atoms with van der Waals surface area (Å²) in [6.45, 7) is 1.07. The lowest BCUT2D eigenvalue weighted by Crippen LogP contribution is -2.07. The van der Waals surface area contributed by atoms with Crippen molar-refractivity contribution in [1.29, 1.82) is 0 Å². The number of halogens is 1. The van der Waals surface area contributed by atoms with Gasteiger partial charge in [-0.2, -0.15) is 0 Å². The van der Waals surface area contributed by atoms with Gasteiger partial charge in [-0.25, -0.2) is 9.37 Å².